The van der Waals surface area contributed by atoms with Gasteiger partial charge in [0.15, 0.2) is 0 Å². The molecule has 2 aromatic carbocycles. The Morgan fingerprint density at radius 2 is 1.05 bits per heavy atom. The highest BCUT2D eigenvalue weighted by Gasteiger charge is 2.14. The molecule has 0 aliphatic heterocycles. The van der Waals surface area contributed by atoms with Gasteiger partial charge in [-0.05, 0) is 12.1 Å². The molecule has 0 spiro atoms. The normalized spacial score (nSPS) is 10.5. The lowest BCUT2D eigenvalue weighted by Crippen LogP contribution is -1.96. The second-order valence-electron chi connectivity index (χ2n) is 4.19. The summed E-state index contributed by atoms with van der Waals surface area (Å²) in [6, 6.07) is 5.68. The molecule has 0 radical (unpaired) electrons. The summed E-state index contributed by atoms with van der Waals surface area (Å²) in [5.41, 5.74) is 11.6. The van der Waals surface area contributed by atoms with Crippen LogP contribution in [-0.2, 0) is 6.42 Å². The van der Waals surface area contributed by atoms with E-state index in [1.165, 1.54) is 24.3 Å². The zero-order chi connectivity index (χ0) is 14.2. The largest absolute Gasteiger partial charge is 0.506 e. The van der Waals surface area contributed by atoms with Gasteiger partial charge in [0.05, 0.1) is 0 Å². The van der Waals surface area contributed by atoms with Crippen LogP contribution in [0.4, 0.5) is 11.4 Å². The highest BCUT2D eigenvalue weighted by molar-refractivity contribution is 5.68. The van der Waals surface area contributed by atoms with Crippen molar-refractivity contribution in [2.75, 3.05) is 11.5 Å². The molecule has 6 heteroatoms. The first-order chi connectivity index (χ1) is 8.91. The van der Waals surface area contributed by atoms with Crippen LogP contribution < -0.4 is 11.5 Å². The van der Waals surface area contributed by atoms with Gasteiger partial charge in [-0.25, -0.2) is 0 Å². The minimum Gasteiger partial charge on any atom is -0.506 e. The van der Waals surface area contributed by atoms with E-state index in [1.54, 1.807) is 0 Å². The van der Waals surface area contributed by atoms with Gasteiger partial charge >= 0.3 is 0 Å². The summed E-state index contributed by atoms with van der Waals surface area (Å²) in [6.45, 7) is 0. The van der Waals surface area contributed by atoms with Crippen molar-refractivity contribution in [2.45, 2.75) is 6.42 Å². The highest BCUT2D eigenvalue weighted by atomic mass is 16.3. The first-order valence-corrected chi connectivity index (χ1v) is 5.50. The molecular formula is C13H14N2O4. The van der Waals surface area contributed by atoms with Gasteiger partial charge < -0.3 is 31.9 Å². The van der Waals surface area contributed by atoms with Gasteiger partial charge in [-0.2, -0.15) is 0 Å². The molecule has 0 amide bonds. The van der Waals surface area contributed by atoms with Crippen molar-refractivity contribution in [3.63, 3.8) is 0 Å². The SMILES string of the molecule is Nc1c(O)ccc(Cc2ccc(O)c(N)c2O)c1O. The number of aromatic hydroxyl groups is 4. The molecule has 100 valence electrons. The van der Waals surface area contributed by atoms with E-state index in [2.05, 4.69) is 0 Å². The molecule has 8 N–H and O–H groups in total. The van der Waals surface area contributed by atoms with Crippen molar-refractivity contribution in [3.8, 4) is 23.0 Å². The average molecular weight is 262 g/mol. The van der Waals surface area contributed by atoms with Gasteiger partial charge in [-0.1, -0.05) is 12.1 Å². The van der Waals surface area contributed by atoms with Crippen LogP contribution in [0.5, 0.6) is 23.0 Å². The number of benzene rings is 2. The van der Waals surface area contributed by atoms with E-state index in [9.17, 15) is 20.4 Å². The van der Waals surface area contributed by atoms with E-state index >= 15 is 0 Å². The average Bonchev–Trinajstić information content (AvgIpc) is 2.39. The molecule has 0 fully saturated rings. The Balaban J connectivity index is 2.43. The maximum Gasteiger partial charge on any atom is 0.145 e. The Kier molecular flexibility index (Phi) is 3.00. The molecule has 0 atom stereocenters. The number of nitrogen functional groups attached to an aromatic ring is 2. The van der Waals surface area contributed by atoms with E-state index in [0.717, 1.165) is 0 Å². The Morgan fingerprint density at radius 1 is 0.684 bits per heavy atom. The lowest BCUT2D eigenvalue weighted by molar-refractivity contribution is 0.448. The molecule has 19 heavy (non-hydrogen) atoms. The lowest BCUT2D eigenvalue weighted by atomic mass is 10.0. The summed E-state index contributed by atoms with van der Waals surface area (Å²) in [5, 5.41) is 38.3. The third kappa shape index (κ3) is 2.15. The zero-order valence-corrected chi connectivity index (χ0v) is 9.96. The van der Waals surface area contributed by atoms with Crippen LogP contribution in [-0.4, -0.2) is 20.4 Å². The topological polar surface area (TPSA) is 133 Å². The summed E-state index contributed by atoms with van der Waals surface area (Å²) in [5.74, 6) is -0.913. The maximum absolute atomic E-state index is 9.81. The van der Waals surface area contributed by atoms with Crippen LogP contribution in [0, 0.1) is 0 Å². The smallest absolute Gasteiger partial charge is 0.145 e. The van der Waals surface area contributed by atoms with Gasteiger partial charge in [0.1, 0.15) is 34.4 Å². The summed E-state index contributed by atoms with van der Waals surface area (Å²) in [7, 11) is 0. The molecule has 6 nitrogen and oxygen atoms in total. The van der Waals surface area contributed by atoms with E-state index in [0.29, 0.717) is 11.1 Å². The van der Waals surface area contributed by atoms with Crippen LogP contribution in [0.2, 0.25) is 0 Å². The second kappa shape index (κ2) is 4.49. The van der Waals surface area contributed by atoms with E-state index in [-0.39, 0.29) is 40.8 Å². The summed E-state index contributed by atoms with van der Waals surface area (Å²) < 4.78 is 0. The molecule has 2 rings (SSSR count). The van der Waals surface area contributed by atoms with Crippen molar-refractivity contribution in [2.24, 2.45) is 0 Å². The number of rotatable bonds is 2. The number of anilines is 2. The lowest BCUT2D eigenvalue weighted by Gasteiger charge is -2.11. The number of hydrogen-bond donors (Lipinski definition) is 6. The fourth-order valence-electron chi connectivity index (χ4n) is 1.78. The predicted molar refractivity (Wildman–Crippen MR) is 71.2 cm³/mol. The molecule has 0 saturated heterocycles. The van der Waals surface area contributed by atoms with E-state index < -0.39 is 0 Å². The fraction of sp³-hybridized carbons (Fsp3) is 0.0769. The number of nitrogens with two attached hydrogens (primary N) is 2. The molecule has 0 bridgehead atoms. The van der Waals surface area contributed by atoms with E-state index in [1.807, 2.05) is 0 Å². The zero-order valence-electron chi connectivity index (χ0n) is 9.96. The second-order valence-corrected chi connectivity index (χ2v) is 4.19. The first-order valence-electron chi connectivity index (χ1n) is 5.50. The first kappa shape index (κ1) is 12.7. The van der Waals surface area contributed by atoms with Gasteiger partial charge in [0, 0.05) is 17.5 Å². The third-order valence-corrected chi connectivity index (χ3v) is 2.94. The number of phenolic OH excluding ortho intramolecular Hbond substituents is 4. The van der Waals surface area contributed by atoms with Crippen LogP contribution >= 0.6 is 0 Å². The Morgan fingerprint density at radius 3 is 1.42 bits per heavy atom. The predicted octanol–water partition coefficient (Wildman–Crippen LogP) is 1.26. The fourth-order valence-corrected chi connectivity index (χ4v) is 1.78. The molecule has 0 heterocycles. The van der Waals surface area contributed by atoms with Gasteiger partial charge in [-0.3, -0.25) is 0 Å². The minimum atomic E-state index is -0.244. The maximum atomic E-state index is 9.81. The molecule has 2 aromatic rings. The van der Waals surface area contributed by atoms with Gasteiger partial charge in [-0.15, -0.1) is 0 Å². The van der Waals surface area contributed by atoms with E-state index in [4.69, 9.17) is 11.5 Å². The minimum absolute atomic E-state index is 0.122. The number of hydrogen-bond acceptors (Lipinski definition) is 6. The number of phenols is 4. The quantitative estimate of drug-likeness (QED) is 0.356. The summed E-state index contributed by atoms with van der Waals surface area (Å²) in [4.78, 5) is 0. The summed E-state index contributed by atoms with van der Waals surface area (Å²) >= 11 is 0. The molecule has 0 unspecified atom stereocenters. The van der Waals surface area contributed by atoms with Crippen LogP contribution in [0.15, 0.2) is 24.3 Å². The van der Waals surface area contributed by atoms with Crippen molar-refractivity contribution in [3.05, 3.63) is 35.4 Å². The van der Waals surface area contributed by atoms with Crippen molar-refractivity contribution in [1.82, 2.24) is 0 Å². The third-order valence-electron chi connectivity index (χ3n) is 2.94. The standard InChI is InChI=1S/C13H14N2O4/c14-10-8(16)3-1-6(12(10)18)5-7-2-4-9(17)11(15)13(7)19/h1-4,16-19H,5,14-15H2. The van der Waals surface area contributed by atoms with Gasteiger partial charge in [0.25, 0.3) is 0 Å². The van der Waals surface area contributed by atoms with Crippen LogP contribution in [0.3, 0.4) is 0 Å². The van der Waals surface area contributed by atoms with Crippen molar-refractivity contribution >= 4 is 11.4 Å². The van der Waals surface area contributed by atoms with Crippen LogP contribution in [0.25, 0.3) is 0 Å². The molecule has 0 aliphatic rings. The molecule has 0 aromatic heterocycles. The monoisotopic (exact) mass is 262 g/mol. The summed E-state index contributed by atoms with van der Waals surface area (Å²) in [6.07, 6.45) is 0.159. The molecule has 0 aliphatic carbocycles. The van der Waals surface area contributed by atoms with Crippen molar-refractivity contribution < 1.29 is 20.4 Å². The van der Waals surface area contributed by atoms with Crippen molar-refractivity contribution in [1.29, 1.82) is 0 Å². The molecular weight excluding hydrogens is 248 g/mol. The van der Waals surface area contributed by atoms with Gasteiger partial charge in [0.2, 0.25) is 0 Å². The Hall–Kier alpha value is -2.76. The highest BCUT2D eigenvalue weighted by Crippen LogP contribution is 2.38. The Bertz CT molecular complexity index is 586. The Labute approximate surface area is 109 Å². The van der Waals surface area contributed by atoms with Crippen LogP contribution in [0.1, 0.15) is 11.1 Å². The molecule has 0 saturated carbocycles.